The maximum absolute atomic E-state index is 10.9. The minimum Gasteiger partial charge on any atom is -0.369 e. The highest BCUT2D eigenvalue weighted by Crippen LogP contribution is 2.12. The minimum absolute atomic E-state index is 0.0447. The Hall–Kier alpha value is -1.69. The average molecular weight is 305 g/mol. The van der Waals surface area contributed by atoms with Crippen LogP contribution >= 0.6 is 0 Å². The second-order valence-corrected chi connectivity index (χ2v) is 5.33. The number of benzene rings is 1. The van der Waals surface area contributed by atoms with Crippen LogP contribution in [0.25, 0.3) is 0 Å². The molecular weight excluding hydrogens is 282 g/mol. The van der Waals surface area contributed by atoms with Gasteiger partial charge in [-0.1, -0.05) is 36.4 Å². The Morgan fingerprint density at radius 3 is 2.68 bits per heavy atom. The maximum atomic E-state index is 10.9. The van der Waals surface area contributed by atoms with Crippen molar-refractivity contribution in [3.63, 3.8) is 0 Å². The van der Waals surface area contributed by atoms with Crippen molar-refractivity contribution in [2.75, 3.05) is 13.2 Å². The standard InChI is InChI=1S/C17H23NO4/c1-13(18-14(2)19)8-9-17-21-11-16(12-22-17)20-10-15-6-4-3-5-7-15/h3-9,13,16-17H,10-12H2,1-2H3,(H,18,19)/b9-8+/t13-,16-,17-/m0/s1. The third-order valence-electron chi connectivity index (χ3n) is 3.21. The van der Waals surface area contributed by atoms with Crippen LogP contribution in [0.4, 0.5) is 0 Å². The molecule has 22 heavy (non-hydrogen) atoms. The lowest BCUT2D eigenvalue weighted by Crippen LogP contribution is -2.36. The van der Waals surface area contributed by atoms with Crippen LogP contribution in [0.5, 0.6) is 0 Å². The van der Waals surface area contributed by atoms with E-state index in [1.165, 1.54) is 6.92 Å². The Bertz CT molecular complexity index is 481. The molecule has 1 saturated heterocycles. The zero-order chi connectivity index (χ0) is 15.8. The summed E-state index contributed by atoms with van der Waals surface area (Å²) in [6, 6.07) is 9.97. The van der Waals surface area contributed by atoms with Gasteiger partial charge in [0, 0.05) is 13.0 Å². The highest BCUT2D eigenvalue weighted by atomic mass is 16.7. The first kappa shape index (κ1) is 16.7. The predicted molar refractivity (Wildman–Crippen MR) is 83.1 cm³/mol. The molecule has 1 amide bonds. The molecular formula is C17H23NO4. The number of hydrogen-bond acceptors (Lipinski definition) is 4. The normalized spacial score (nSPS) is 23.4. The number of hydrogen-bond donors (Lipinski definition) is 1. The number of nitrogens with one attached hydrogen (secondary N) is 1. The van der Waals surface area contributed by atoms with E-state index in [1.54, 1.807) is 0 Å². The zero-order valence-corrected chi connectivity index (χ0v) is 13.0. The van der Waals surface area contributed by atoms with Gasteiger partial charge in [0.05, 0.1) is 19.8 Å². The van der Waals surface area contributed by atoms with Crippen LogP contribution in [0.1, 0.15) is 19.4 Å². The number of carbonyl (C=O) groups is 1. The lowest BCUT2D eigenvalue weighted by molar-refractivity contribution is -0.207. The summed E-state index contributed by atoms with van der Waals surface area (Å²) >= 11 is 0. The topological polar surface area (TPSA) is 56.8 Å². The molecule has 0 radical (unpaired) electrons. The van der Waals surface area contributed by atoms with Crippen LogP contribution in [0.3, 0.4) is 0 Å². The van der Waals surface area contributed by atoms with Gasteiger partial charge in [-0.15, -0.1) is 0 Å². The van der Waals surface area contributed by atoms with E-state index in [-0.39, 0.29) is 24.3 Å². The van der Waals surface area contributed by atoms with Gasteiger partial charge < -0.3 is 19.5 Å². The third kappa shape index (κ3) is 5.97. The van der Waals surface area contributed by atoms with Gasteiger partial charge in [-0.2, -0.15) is 0 Å². The SMILES string of the molecule is CC(=O)N[C@@H](C)/C=C/[C@H]1OC[C@H](OCc2ccccc2)CO1. The van der Waals surface area contributed by atoms with E-state index in [2.05, 4.69) is 5.32 Å². The Labute approximate surface area is 131 Å². The summed E-state index contributed by atoms with van der Waals surface area (Å²) in [4.78, 5) is 10.9. The van der Waals surface area contributed by atoms with Crippen molar-refractivity contribution in [1.29, 1.82) is 0 Å². The highest BCUT2D eigenvalue weighted by Gasteiger charge is 2.21. The Morgan fingerprint density at radius 1 is 1.36 bits per heavy atom. The van der Waals surface area contributed by atoms with Crippen LogP contribution < -0.4 is 5.32 Å². The van der Waals surface area contributed by atoms with Gasteiger partial charge in [0.2, 0.25) is 5.91 Å². The molecule has 0 saturated carbocycles. The van der Waals surface area contributed by atoms with E-state index >= 15 is 0 Å². The van der Waals surface area contributed by atoms with Gasteiger partial charge in [-0.05, 0) is 18.6 Å². The highest BCUT2D eigenvalue weighted by molar-refractivity contribution is 5.73. The molecule has 1 N–H and O–H groups in total. The molecule has 1 aromatic rings. The number of rotatable bonds is 6. The molecule has 5 nitrogen and oxygen atoms in total. The molecule has 2 rings (SSSR count). The summed E-state index contributed by atoms with van der Waals surface area (Å²) in [5, 5.41) is 2.77. The molecule has 1 aliphatic rings. The molecule has 1 aromatic carbocycles. The van der Waals surface area contributed by atoms with Gasteiger partial charge in [-0.25, -0.2) is 0 Å². The van der Waals surface area contributed by atoms with Crippen LogP contribution in [0.15, 0.2) is 42.5 Å². The molecule has 0 aliphatic carbocycles. The molecule has 1 heterocycles. The molecule has 120 valence electrons. The van der Waals surface area contributed by atoms with Crippen LogP contribution in [-0.2, 0) is 25.6 Å². The smallest absolute Gasteiger partial charge is 0.217 e. The lowest BCUT2D eigenvalue weighted by atomic mass is 10.2. The first-order valence-electron chi connectivity index (χ1n) is 7.47. The summed E-state index contributed by atoms with van der Waals surface area (Å²) in [6.45, 7) is 4.93. The fraction of sp³-hybridized carbons (Fsp3) is 0.471. The van der Waals surface area contributed by atoms with Gasteiger partial charge in [-0.3, -0.25) is 4.79 Å². The summed E-state index contributed by atoms with van der Waals surface area (Å²) in [6.07, 6.45) is 3.23. The zero-order valence-electron chi connectivity index (χ0n) is 13.0. The van der Waals surface area contributed by atoms with E-state index in [1.807, 2.05) is 49.4 Å². The molecule has 0 bridgehead atoms. The number of carbonyl (C=O) groups excluding carboxylic acids is 1. The quantitative estimate of drug-likeness (QED) is 0.817. The molecule has 5 heteroatoms. The van der Waals surface area contributed by atoms with Crippen molar-refractivity contribution >= 4 is 5.91 Å². The van der Waals surface area contributed by atoms with E-state index in [0.717, 1.165) is 5.56 Å². The molecule has 0 spiro atoms. The first-order valence-corrected chi connectivity index (χ1v) is 7.47. The lowest BCUT2D eigenvalue weighted by Gasteiger charge is -2.28. The first-order chi connectivity index (χ1) is 10.6. The summed E-state index contributed by atoms with van der Waals surface area (Å²) < 4.78 is 16.9. The van der Waals surface area contributed by atoms with Crippen molar-refractivity contribution in [3.8, 4) is 0 Å². The van der Waals surface area contributed by atoms with Crippen molar-refractivity contribution in [1.82, 2.24) is 5.32 Å². The Kier molecular flexibility index (Phi) is 6.58. The largest absolute Gasteiger partial charge is 0.369 e. The summed E-state index contributed by atoms with van der Waals surface area (Å²) in [5.41, 5.74) is 1.13. The third-order valence-corrected chi connectivity index (χ3v) is 3.21. The second kappa shape index (κ2) is 8.68. The Morgan fingerprint density at radius 2 is 2.05 bits per heavy atom. The summed E-state index contributed by atoms with van der Waals surface area (Å²) in [7, 11) is 0. The van der Waals surface area contributed by atoms with Gasteiger partial charge in [0.1, 0.15) is 6.10 Å². The van der Waals surface area contributed by atoms with E-state index in [0.29, 0.717) is 19.8 Å². The Balaban J connectivity index is 1.67. The minimum atomic E-state index is -0.382. The van der Waals surface area contributed by atoms with Crippen LogP contribution in [0, 0.1) is 0 Å². The molecule has 1 atom stereocenters. The van der Waals surface area contributed by atoms with Gasteiger partial charge in [0.15, 0.2) is 6.29 Å². The molecule has 1 aliphatic heterocycles. The van der Waals surface area contributed by atoms with E-state index < -0.39 is 0 Å². The van der Waals surface area contributed by atoms with Gasteiger partial charge in [0.25, 0.3) is 0 Å². The van der Waals surface area contributed by atoms with Crippen molar-refractivity contribution in [3.05, 3.63) is 48.0 Å². The molecule has 0 unspecified atom stereocenters. The fourth-order valence-corrected chi connectivity index (χ4v) is 2.12. The molecule has 1 fully saturated rings. The van der Waals surface area contributed by atoms with Crippen molar-refractivity contribution in [2.45, 2.75) is 38.9 Å². The second-order valence-electron chi connectivity index (χ2n) is 5.33. The van der Waals surface area contributed by atoms with E-state index in [4.69, 9.17) is 14.2 Å². The number of amides is 1. The average Bonchev–Trinajstić information content (AvgIpc) is 2.52. The predicted octanol–water partition coefficient (Wildman–Crippen LogP) is 2.03. The maximum Gasteiger partial charge on any atom is 0.217 e. The summed E-state index contributed by atoms with van der Waals surface area (Å²) in [5.74, 6) is -0.0583. The monoisotopic (exact) mass is 305 g/mol. The molecule has 0 aromatic heterocycles. The number of ether oxygens (including phenoxy) is 3. The van der Waals surface area contributed by atoms with Crippen LogP contribution in [-0.4, -0.2) is 37.6 Å². The van der Waals surface area contributed by atoms with Crippen molar-refractivity contribution in [2.24, 2.45) is 0 Å². The fourth-order valence-electron chi connectivity index (χ4n) is 2.12. The van der Waals surface area contributed by atoms with Crippen molar-refractivity contribution < 1.29 is 19.0 Å². The van der Waals surface area contributed by atoms with Gasteiger partial charge >= 0.3 is 0 Å². The van der Waals surface area contributed by atoms with E-state index in [9.17, 15) is 4.79 Å². The van der Waals surface area contributed by atoms with Crippen LogP contribution in [0.2, 0.25) is 0 Å².